The van der Waals surface area contributed by atoms with Gasteiger partial charge in [0.25, 0.3) is 0 Å². The molecule has 2 fully saturated rings. The van der Waals surface area contributed by atoms with Gasteiger partial charge >= 0.3 is 11.9 Å². The van der Waals surface area contributed by atoms with E-state index >= 15 is 0 Å². The van der Waals surface area contributed by atoms with Crippen LogP contribution in [0.25, 0.3) is 0 Å². The van der Waals surface area contributed by atoms with Crippen LogP contribution in [0, 0.1) is 17.8 Å². The molecule has 3 heterocycles. The molecule has 3 aliphatic rings. The zero-order chi connectivity index (χ0) is 59.8. The Bertz CT molecular complexity index is 2320. The standard InChI is InChI=1S/C60H88N2O19/c1-36-18-16-14-12-10-8-6-7-9-11-13-15-17-19-48(79-59-56(74)54(61)55(73)38(3)78-59)33-51-53(58(75)77-5)50(71)35-60(76,81-51)34-47(69)30-45(67)28-43(65)26-42(64)27-44(66)29-46(68)32-52(72)80-57(36)37(2)20-25-41(63)31-49(70)39-21-23-40(62-4)24-22-39/h6-19,21-24,36-38,41-43,45-48,50-51,53-57,59,62-65,67-69,71,73-74,76H,20,25-35,61H2,1-5H3/b7-6+,10-8+,11-9+,14-12+,15-13+,18-16+,19-17+. The third-order valence-electron chi connectivity index (χ3n) is 14.6. The lowest BCUT2D eigenvalue weighted by atomic mass is 9.82. The highest BCUT2D eigenvalue weighted by molar-refractivity contribution is 5.96. The molecule has 0 saturated carbocycles. The number of allylic oxidation sites excluding steroid dienone is 12. The number of Topliss-reactive ketones (excluding diaryl/α,β-unsaturated/α-hetero) is 2. The average Bonchev–Trinajstić information content (AvgIpc) is 3.43. The number of fused-ring (bicyclic) bond motifs is 2. The zero-order valence-electron chi connectivity index (χ0n) is 47.0. The molecule has 0 amide bonds. The van der Waals surface area contributed by atoms with Crippen molar-refractivity contribution in [3.63, 3.8) is 0 Å². The largest absolute Gasteiger partial charge is 0.469 e. The highest BCUT2D eigenvalue weighted by Crippen LogP contribution is 2.39. The van der Waals surface area contributed by atoms with Gasteiger partial charge < -0.3 is 85.8 Å². The number of hydrogen-bond acceptors (Lipinski definition) is 21. The van der Waals surface area contributed by atoms with Crippen molar-refractivity contribution < 1.29 is 93.9 Å². The van der Waals surface area contributed by atoms with Gasteiger partial charge in [-0.05, 0) is 69.2 Å². The van der Waals surface area contributed by atoms with Crippen molar-refractivity contribution in [2.24, 2.45) is 23.5 Å². The SMILES string of the molecule is CNc1ccc(C(=O)CC(O)CCC(C)C2OC(=O)CC(O)CC(=O)CC(O)CC(O)CC(O)CC(O)CC3(O)CC(O)C(C(=O)OC)C(CC(OC4OC(C)C(O)C(N)C4O)/C=C/C=C/C=C/C=C/C=C/C=C/C=C/C2C)O3)cc1. The summed E-state index contributed by atoms with van der Waals surface area (Å²) in [6.07, 6.45) is 2.92. The third kappa shape index (κ3) is 23.6. The maximum Gasteiger partial charge on any atom is 0.313 e. The van der Waals surface area contributed by atoms with Crippen LogP contribution in [0.3, 0.4) is 0 Å². The van der Waals surface area contributed by atoms with E-state index in [1.807, 2.05) is 19.9 Å². The summed E-state index contributed by atoms with van der Waals surface area (Å²) in [5, 5.41) is 113. The van der Waals surface area contributed by atoms with Crippen LogP contribution in [-0.2, 0) is 38.1 Å². The fourth-order valence-electron chi connectivity index (χ4n) is 10.2. The van der Waals surface area contributed by atoms with Crippen LogP contribution in [-0.4, -0.2) is 186 Å². The zero-order valence-corrected chi connectivity index (χ0v) is 47.0. The normalized spacial score (nSPS) is 37.7. The summed E-state index contributed by atoms with van der Waals surface area (Å²) in [5.74, 6) is -6.85. The van der Waals surface area contributed by atoms with Gasteiger partial charge in [0.05, 0.1) is 86.7 Å². The molecule has 2 saturated heterocycles. The summed E-state index contributed by atoms with van der Waals surface area (Å²) in [4.78, 5) is 52.4. The molecule has 19 atom stereocenters. The second kappa shape index (κ2) is 34.5. The van der Waals surface area contributed by atoms with E-state index in [4.69, 9.17) is 29.4 Å². The van der Waals surface area contributed by atoms with Gasteiger partial charge in [0.2, 0.25) is 0 Å². The van der Waals surface area contributed by atoms with Crippen molar-refractivity contribution in [1.82, 2.24) is 0 Å². The summed E-state index contributed by atoms with van der Waals surface area (Å²) in [6.45, 7) is 5.25. The van der Waals surface area contributed by atoms with E-state index in [-0.39, 0.29) is 49.7 Å². The number of ketones is 2. The van der Waals surface area contributed by atoms with Gasteiger partial charge in [-0.25, -0.2) is 0 Å². The number of nitrogens with two attached hydrogens (primary N) is 1. The predicted octanol–water partition coefficient (Wildman–Crippen LogP) is 2.83. The second-order valence-electron chi connectivity index (χ2n) is 21.6. The van der Waals surface area contributed by atoms with Crippen LogP contribution >= 0.6 is 0 Å². The quantitative estimate of drug-likeness (QED) is 0.112. The molecule has 13 N–H and O–H groups in total. The Morgan fingerprint density at radius 2 is 1.28 bits per heavy atom. The number of anilines is 1. The highest BCUT2D eigenvalue weighted by atomic mass is 16.7. The number of methoxy groups -OCH3 is 1. The summed E-state index contributed by atoms with van der Waals surface area (Å²) in [5.41, 5.74) is 7.39. The molecule has 0 aliphatic carbocycles. The maximum atomic E-state index is 13.3. The van der Waals surface area contributed by atoms with E-state index in [9.17, 15) is 70.2 Å². The molecule has 1 aromatic rings. The molecule has 1 aromatic carbocycles. The lowest BCUT2D eigenvalue weighted by Gasteiger charge is -2.45. The summed E-state index contributed by atoms with van der Waals surface area (Å²) in [7, 11) is 2.88. The van der Waals surface area contributed by atoms with Crippen LogP contribution in [0.5, 0.6) is 0 Å². The molecular formula is C60H88N2O19. The first kappa shape index (κ1) is 68.4. The van der Waals surface area contributed by atoms with Gasteiger partial charge in [0, 0.05) is 62.7 Å². The number of aliphatic hydroxyl groups is 10. The van der Waals surface area contributed by atoms with E-state index in [1.165, 1.54) is 0 Å². The molecule has 81 heavy (non-hydrogen) atoms. The van der Waals surface area contributed by atoms with Crippen molar-refractivity contribution >= 4 is 29.2 Å². The molecule has 3 aliphatic heterocycles. The number of rotatable bonds is 11. The molecule has 21 heteroatoms. The molecule has 4 rings (SSSR count). The fourth-order valence-corrected chi connectivity index (χ4v) is 10.2. The Hall–Kier alpha value is -5.08. The monoisotopic (exact) mass is 1140 g/mol. The molecule has 21 nitrogen and oxygen atoms in total. The third-order valence-corrected chi connectivity index (χ3v) is 14.6. The van der Waals surface area contributed by atoms with E-state index in [2.05, 4.69) is 5.32 Å². The van der Waals surface area contributed by atoms with Crippen LogP contribution in [0.15, 0.2) is 109 Å². The maximum absolute atomic E-state index is 13.3. The van der Waals surface area contributed by atoms with Gasteiger partial charge in [-0.15, -0.1) is 0 Å². The van der Waals surface area contributed by atoms with Gasteiger partial charge in [-0.3, -0.25) is 19.2 Å². The minimum absolute atomic E-state index is 0.103. The van der Waals surface area contributed by atoms with Gasteiger partial charge in [-0.1, -0.05) is 98.9 Å². The van der Waals surface area contributed by atoms with Crippen molar-refractivity contribution in [2.75, 3.05) is 19.5 Å². The molecule has 19 unspecified atom stereocenters. The van der Waals surface area contributed by atoms with Gasteiger partial charge in [0.15, 0.2) is 17.9 Å². The van der Waals surface area contributed by atoms with Crippen molar-refractivity contribution in [3.05, 3.63) is 115 Å². The number of cyclic esters (lactones) is 1. The molecule has 0 spiro atoms. The highest BCUT2D eigenvalue weighted by Gasteiger charge is 2.51. The number of carbonyl (C=O) groups excluding carboxylic acids is 4. The molecule has 2 bridgehead atoms. The fraction of sp³-hybridized carbons (Fsp3) is 0.600. The Morgan fingerprint density at radius 3 is 1.88 bits per heavy atom. The van der Waals surface area contributed by atoms with Gasteiger partial charge in [0.1, 0.15) is 23.9 Å². The first-order chi connectivity index (χ1) is 38.4. The summed E-state index contributed by atoms with van der Waals surface area (Å²) < 4.78 is 28.9. The lowest BCUT2D eigenvalue weighted by Crippen LogP contribution is -2.61. The Balaban J connectivity index is 1.55. The molecular weight excluding hydrogens is 1050 g/mol. The minimum atomic E-state index is -2.29. The van der Waals surface area contributed by atoms with E-state index in [1.54, 1.807) is 117 Å². The second-order valence-corrected chi connectivity index (χ2v) is 21.6. The van der Waals surface area contributed by atoms with Gasteiger partial charge in [-0.2, -0.15) is 0 Å². The Morgan fingerprint density at radius 1 is 0.728 bits per heavy atom. The number of carbonyl (C=O) groups is 4. The van der Waals surface area contributed by atoms with E-state index in [0.29, 0.717) is 12.0 Å². The number of hydrogen-bond donors (Lipinski definition) is 12. The predicted molar refractivity (Wildman–Crippen MR) is 299 cm³/mol. The smallest absolute Gasteiger partial charge is 0.313 e. The first-order valence-corrected chi connectivity index (χ1v) is 27.8. The van der Waals surface area contributed by atoms with Crippen molar-refractivity contribution in [3.8, 4) is 0 Å². The topological polar surface area (TPSA) is 355 Å². The van der Waals surface area contributed by atoms with Crippen molar-refractivity contribution in [1.29, 1.82) is 0 Å². The summed E-state index contributed by atoms with van der Waals surface area (Å²) in [6, 6.07) is 5.77. The number of benzene rings is 1. The molecule has 0 radical (unpaired) electrons. The summed E-state index contributed by atoms with van der Waals surface area (Å²) >= 11 is 0. The number of esters is 2. The van der Waals surface area contributed by atoms with Crippen LogP contribution < -0.4 is 11.1 Å². The van der Waals surface area contributed by atoms with E-state index in [0.717, 1.165) is 12.8 Å². The first-order valence-electron chi connectivity index (χ1n) is 27.8. The Labute approximate surface area is 474 Å². The minimum Gasteiger partial charge on any atom is -0.469 e. The van der Waals surface area contributed by atoms with Crippen LogP contribution in [0.2, 0.25) is 0 Å². The number of ether oxygens (including phenoxy) is 5. The average molecular weight is 1140 g/mol. The molecule has 452 valence electrons. The number of nitrogens with one attached hydrogen (secondary N) is 1. The number of aliphatic hydroxyl groups excluding tert-OH is 9. The lowest BCUT2D eigenvalue weighted by molar-refractivity contribution is -0.308. The molecule has 0 aromatic heterocycles. The van der Waals surface area contributed by atoms with Crippen molar-refractivity contribution in [2.45, 2.75) is 195 Å². The Kier molecular flexibility index (Phi) is 29.1. The van der Waals surface area contributed by atoms with E-state index < -0.39 is 160 Å². The van der Waals surface area contributed by atoms with Crippen LogP contribution in [0.4, 0.5) is 5.69 Å². The van der Waals surface area contributed by atoms with Crippen LogP contribution in [0.1, 0.15) is 108 Å².